The first-order chi connectivity index (χ1) is 20.7. The average Bonchev–Trinajstić information content (AvgIpc) is 3.47. The van der Waals surface area contributed by atoms with Gasteiger partial charge in [0.2, 0.25) is 0 Å². The van der Waals surface area contributed by atoms with Crippen molar-refractivity contribution in [3.8, 4) is 6.07 Å². The molecule has 2 aliphatic rings. The summed E-state index contributed by atoms with van der Waals surface area (Å²) in [7, 11) is 0. The van der Waals surface area contributed by atoms with Crippen LogP contribution < -0.4 is 16.0 Å². The zero-order valence-electron chi connectivity index (χ0n) is 23.8. The number of halogens is 4. The third-order valence-corrected chi connectivity index (χ3v) is 7.88. The zero-order valence-corrected chi connectivity index (χ0v) is 23.8. The Morgan fingerprint density at radius 3 is 2.41 bits per heavy atom. The molecule has 2 fully saturated rings. The van der Waals surface area contributed by atoms with Crippen molar-refractivity contribution in [1.82, 2.24) is 9.80 Å². The first-order valence-electron chi connectivity index (χ1n) is 13.7. The lowest BCUT2D eigenvalue weighted by Gasteiger charge is -2.28. The van der Waals surface area contributed by atoms with Crippen LogP contribution in [0.1, 0.15) is 53.7 Å². The first-order valence-corrected chi connectivity index (χ1v) is 13.7. The van der Waals surface area contributed by atoms with Gasteiger partial charge >= 0.3 is 12.2 Å². The highest BCUT2D eigenvalue weighted by Gasteiger charge is 2.52. The number of urea groups is 1. The fourth-order valence-corrected chi connectivity index (χ4v) is 5.37. The largest absolute Gasteiger partial charge is 0.417 e. The molecule has 0 radical (unpaired) electrons. The van der Waals surface area contributed by atoms with Gasteiger partial charge in [0.05, 0.1) is 35.6 Å². The Morgan fingerprint density at radius 2 is 1.80 bits per heavy atom. The maximum Gasteiger partial charge on any atom is 0.417 e. The summed E-state index contributed by atoms with van der Waals surface area (Å²) in [5.74, 6) is -1.54. The van der Waals surface area contributed by atoms with Gasteiger partial charge in [-0.25, -0.2) is 14.1 Å². The second-order valence-electron chi connectivity index (χ2n) is 11.1. The molecule has 2 saturated heterocycles. The fraction of sp³-hybridized carbons (Fsp3) is 0.290. The number of benzene rings is 3. The smallest absolute Gasteiger partial charge is 0.355 e. The second kappa shape index (κ2) is 11.3. The van der Waals surface area contributed by atoms with Crippen molar-refractivity contribution in [2.75, 3.05) is 16.8 Å². The molecule has 0 spiro atoms. The van der Waals surface area contributed by atoms with Gasteiger partial charge in [-0.3, -0.25) is 9.59 Å². The fourth-order valence-electron chi connectivity index (χ4n) is 5.37. The lowest BCUT2D eigenvalue weighted by atomic mass is 10.0. The molecule has 4 amide bonds. The highest BCUT2D eigenvalue weighted by atomic mass is 19.4. The third-order valence-electron chi connectivity index (χ3n) is 7.88. The number of hydrogen-bond donors (Lipinski definition) is 2. The second-order valence-corrected chi connectivity index (χ2v) is 11.1. The van der Waals surface area contributed by atoms with Crippen molar-refractivity contribution in [3.05, 3.63) is 88.7 Å². The topological polar surface area (TPSA) is 123 Å². The van der Waals surface area contributed by atoms with Gasteiger partial charge in [0.25, 0.3) is 11.8 Å². The molecule has 0 aliphatic carbocycles. The highest BCUT2D eigenvalue weighted by molar-refractivity contribution is 6.23. The predicted octanol–water partition coefficient (Wildman–Crippen LogP) is 5.73. The van der Waals surface area contributed by atoms with Gasteiger partial charge in [-0.05, 0) is 86.8 Å². The van der Waals surface area contributed by atoms with E-state index in [1.165, 1.54) is 43.0 Å². The van der Waals surface area contributed by atoms with Crippen molar-refractivity contribution in [2.45, 2.75) is 51.1 Å². The average molecular weight is 609 g/mol. The molecule has 2 heterocycles. The molecule has 2 aliphatic heterocycles. The molecular weight excluding hydrogens is 580 g/mol. The normalized spacial score (nSPS) is 18.1. The van der Waals surface area contributed by atoms with E-state index in [1.54, 1.807) is 29.2 Å². The number of nitriles is 1. The van der Waals surface area contributed by atoms with Gasteiger partial charge < -0.3 is 20.9 Å². The van der Waals surface area contributed by atoms with Crippen LogP contribution in [0.3, 0.4) is 0 Å². The number of carbonyl (C=O) groups excluding carboxylic acids is 3. The molecule has 3 aromatic rings. The van der Waals surface area contributed by atoms with Gasteiger partial charge in [-0.1, -0.05) is 6.07 Å². The minimum absolute atomic E-state index is 0.192. The van der Waals surface area contributed by atoms with E-state index in [9.17, 15) is 31.9 Å². The summed E-state index contributed by atoms with van der Waals surface area (Å²) >= 11 is 0. The quantitative estimate of drug-likeness (QED) is 0.272. The Labute approximate surface area is 250 Å². The lowest BCUT2D eigenvalue weighted by molar-refractivity contribution is -0.137. The summed E-state index contributed by atoms with van der Waals surface area (Å²) in [6.07, 6.45) is -3.66. The number of rotatable bonds is 6. The van der Waals surface area contributed by atoms with E-state index in [1.807, 2.05) is 0 Å². The van der Waals surface area contributed by atoms with Gasteiger partial charge in [-0.2, -0.15) is 18.4 Å². The van der Waals surface area contributed by atoms with Crippen LogP contribution in [0.15, 0.2) is 60.7 Å². The predicted molar refractivity (Wildman–Crippen MR) is 153 cm³/mol. The standard InChI is InChI=1S/C31H28F4N6O3/c1-30(2)28(43)41(23-12-8-19(16-36)24(15-23)31(33,34)35)29(44)40(30)17-20-5-9-21(32)14-25(20)38-22-10-6-18(7-11-22)27(42)39-13-3-4-26(39)37/h5-12,14-15,26,38H,3-4,13,17,37H2,1-2H3/t26-/m1/s1. The van der Waals surface area contributed by atoms with E-state index >= 15 is 0 Å². The Morgan fingerprint density at radius 1 is 1.09 bits per heavy atom. The number of nitrogens with two attached hydrogens (primary N) is 1. The summed E-state index contributed by atoms with van der Waals surface area (Å²) in [4.78, 5) is 43.2. The molecule has 3 aromatic carbocycles. The Hall–Kier alpha value is -4.96. The molecule has 5 rings (SSSR count). The number of carbonyl (C=O) groups is 3. The van der Waals surface area contributed by atoms with Crippen molar-refractivity contribution in [3.63, 3.8) is 0 Å². The SMILES string of the molecule is CC1(C)C(=O)N(c2ccc(C#N)c(C(F)(F)F)c2)C(=O)N1Cc1ccc(F)cc1Nc1ccc(C(=O)N2CCC[C@@H]2N)cc1. The Balaban J connectivity index is 1.40. The summed E-state index contributed by atoms with van der Waals surface area (Å²) in [5, 5.41) is 12.2. The number of anilines is 3. The molecule has 0 bridgehead atoms. The first kappa shape index (κ1) is 30.5. The van der Waals surface area contributed by atoms with Gasteiger partial charge in [0, 0.05) is 23.5 Å². The van der Waals surface area contributed by atoms with Crippen LogP contribution in [0.5, 0.6) is 0 Å². The van der Waals surface area contributed by atoms with Crippen molar-refractivity contribution in [2.24, 2.45) is 5.73 Å². The molecule has 0 unspecified atom stereocenters. The number of amides is 4. The number of nitrogens with one attached hydrogen (secondary N) is 1. The molecule has 13 heteroatoms. The van der Waals surface area contributed by atoms with Crippen molar-refractivity contribution < 1.29 is 31.9 Å². The van der Waals surface area contributed by atoms with E-state index in [2.05, 4.69) is 5.32 Å². The summed E-state index contributed by atoms with van der Waals surface area (Å²) in [6.45, 7) is 3.30. The number of alkyl halides is 3. The molecule has 228 valence electrons. The van der Waals surface area contributed by atoms with Gasteiger partial charge in [0.1, 0.15) is 11.4 Å². The molecule has 1 atom stereocenters. The zero-order chi connectivity index (χ0) is 32.0. The van der Waals surface area contributed by atoms with E-state index in [-0.39, 0.29) is 30.0 Å². The van der Waals surface area contributed by atoms with E-state index in [4.69, 9.17) is 11.0 Å². The van der Waals surface area contributed by atoms with Crippen LogP contribution in [-0.2, 0) is 17.5 Å². The van der Waals surface area contributed by atoms with Crippen molar-refractivity contribution >= 4 is 34.9 Å². The molecule has 9 nitrogen and oxygen atoms in total. The van der Waals surface area contributed by atoms with Crippen LogP contribution in [0.4, 0.5) is 39.4 Å². The third kappa shape index (κ3) is 5.56. The van der Waals surface area contributed by atoms with E-state index < -0.39 is 40.6 Å². The monoisotopic (exact) mass is 608 g/mol. The Kier molecular flexibility index (Phi) is 7.81. The van der Waals surface area contributed by atoms with E-state index in [0.29, 0.717) is 34.3 Å². The molecule has 0 aromatic heterocycles. The lowest BCUT2D eigenvalue weighted by Crippen LogP contribution is -2.43. The van der Waals surface area contributed by atoms with Gasteiger partial charge in [-0.15, -0.1) is 0 Å². The van der Waals surface area contributed by atoms with Crippen LogP contribution in [-0.4, -0.2) is 45.9 Å². The Bertz CT molecular complexity index is 1680. The minimum Gasteiger partial charge on any atom is -0.355 e. The maximum atomic E-state index is 14.4. The minimum atomic E-state index is -4.89. The summed E-state index contributed by atoms with van der Waals surface area (Å²) in [5.41, 5.74) is 3.94. The van der Waals surface area contributed by atoms with Crippen LogP contribution in [0, 0.1) is 17.1 Å². The molecule has 3 N–H and O–H groups in total. The van der Waals surface area contributed by atoms with Crippen LogP contribution >= 0.6 is 0 Å². The molecule has 0 saturated carbocycles. The number of likely N-dealkylation sites (tertiary alicyclic amines) is 1. The summed E-state index contributed by atoms with van der Waals surface area (Å²) in [6, 6.07) is 13.6. The molecule has 44 heavy (non-hydrogen) atoms. The highest BCUT2D eigenvalue weighted by Crippen LogP contribution is 2.39. The van der Waals surface area contributed by atoms with E-state index in [0.717, 1.165) is 25.0 Å². The number of hydrogen-bond acceptors (Lipinski definition) is 6. The summed E-state index contributed by atoms with van der Waals surface area (Å²) < 4.78 is 55.2. The van der Waals surface area contributed by atoms with Gasteiger partial charge in [0.15, 0.2) is 0 Å². The van der Waals surface area contributed by atoms with Crippen LogP contribution in [0.25, 0.3) is 0 Å². The molecular formula is C31H28F4N6O3. The maximum absolute atomic E-state index is 14.4. The number of nitrogens with zero attached hydrogens (tertiary/aromatic N) is 4. The number of imide groups is 1. The van der Waals surface area contributed by atoms with Crippen LogP contribution in [0.2, 0.25) is 0 Å². The van der Waals surface area contributed by atoms with Crippen molar-refractivity contribution in [1.29, 1.82) is 5.26 Å².